The van der Waals surface area contributed by atoms with Crippen LogP contribution in [-0.2, 0) is 16.6 Å². The van der Waals surface area contributed by atoms with Gasteiger partial charge in [-0.25, -0.2) is 22.2 Å². The van der Waals surface area contributed by atoms with E-state index in [1.54, 1.807) is 6.20 Å². The van der Waals surface area contributed by atoms with E-state index in [1.807, 2.05) is 12.1 Å². The summed E-state index contributed by atoms with van der Waals surface area (Å²) < 4.78 is 67.9. The summed E-state index contributed by atoms with van der Waals surface area (Å²) in [6.45, 7) is 7.15. The Hall–Kier alpha value is -4.47. The number of hydrogen-bond acceptors (Lipinski definition) is 10. The Morgan fingerprint density at radius 3 is 2.44 bits per heavy atom. The molecular formula is C33H34F2N8O4S. The smallest absolute Gasteiger partial charge is 0.264 e. The van der Waals surface area contributed by atoms with Gasteiger partial charge in [0.15, 0.2) is 0 Å². The van der Waals surface area contributed by atoms with Crippen LogP contribution in [0.3, 0.4) is 0 Å². The van der Waals surface area contributed by atoms with Crippen molar-refractivity contribution in [2.24, 2.45) is 0 Å². The highest BCUT2D eigenvalue weighted by Crippen LogP contribution is 2.57. The van der Waals surface area contributed by atoms with Gasteiger partial charge in [0.05, 0.1) is 30.9 Å². The lowest BCUT2D eigenvalue weighted by Crippen LogP contribution is -2.63. The van der Waals surface area contributed by atoms with E-state index in [9.17, 15) is 17.2 Å². The molecule has 1 saturated heterocycles. The third-order valence-corrected chi connectivity index (χ3v) is 11.0. The molecule has 0 bridgehead atoms. The van der Waals surface area contributed by atoms with Crippen LogP contribution in [0.4, 0.5) is 14.5 Å². The molecule has 12 nitrogen and oxygen atoms in total. The maximum atomic E-state index is 14.4. The van der Waals surface area contributed by atoms with E-state index in [0.717, 1.165) is 30.6 Å². The number of nitrogens with one attached hydrogen (secondary N) is 2. The van der Waals surface area contributed by atoms with E-state index in [2.05, 4.69) is 53.7 Å². The van der Waals surface area contributed by atoms with E-state index < -0.39 is 26.6 Å². The maximum Gasteiger partial charge on any atom is 0.264 e. The lowest BCUT2D eigenvalue weighted by molar-refractivity contribution is -0.0319. The van der Waals surface area contributed by atoms with Crippen molar-refractivity contribution in [1.29, 1.82) is 0 Å². The second-order valence-electron chi connectivity index (χ2n) is 13.4. The number of nitrogens with zero attached hydrogens (tertiary/aromatic N) is 6. The van der Waals surface area contributed by atoms with E-state index in [4.69, 9.17) is 9.15 Å². The average Bonchev–Trinajstić information content (AvgIpc) is 3.83. The molecule has 0 amide bonds. The molecule has 2 saturated carbocycles. The Labute approximate surface area is 275 Å². The fraction of sp³-hybridized carbons (Fsp3) is 0.394. The molecule has 3 fully saturated rings. The second-order valence-corrected chi connectivity index (χ2v) is 15.0. The van der Waals surface area contributed by atoms with Gasteiger partial charge >= 0.3 is 0 Å². The highest BCUT2D eigenvalue weighted by molar-refractivity contribution is 7.92. The van der Waals surface area contributed by atoms with Crippen LogP contribution in [0.25, 0.3) is 33.5 Å². The Balaban J connectivity index is 1.09. The van der Waals surface area contributed by atoms with Crippen molar-refractivity contribution >= 4 is 26.6 Å². The fourth-order valence-corrected chi connectivity index (χ4v) is 8.70. The van der Waals surface area contributed by atoms with Gasteiger partial charge in [0.25, 0.3) is 10.0 Å². The summed E-state index contributed by atoms with van der Waals surface area (Å²) >= 11 is 0. The van der Waals surface area contributed by atoms with Crippen LogP contribution < -0.4 is 9.46 Å². The number of methoxy groups -OCH3 is 1. The molecule has 4 heterocycles. The predicted octanol–water partition coefficient (Wildman–Crippen LogP) is 5.35. The lowest BCUT2D eigenvalue weighted by atomic mass is 9.99. The van der Waals surface area contributed by atoms with Gasteiger partial charge in [-0.1, -0.05) is 0 Å². The zero-order valence-electron chi connectivity index (χ0n) is 26.6. The number of ether oxygens (including phenoxy) is 1. The van der Waals surface area contributed by atoms with Gasteiger partial charge in [-0.15, -0.1) is 10.2 Å². The van der Waals surface area contributed by atoms with Gasteiger partial charge in [-0.2, -0.15) is 5.10 Å². The number of aromatic amines is 1. The van der Waals surface area contributed by atoms with Crippen molar-refractivity contribution in [3.05, 3.63) is 66.3 Å². The molecule has 2 spiro atoms. The summed E-state index contributed by atoms with van der Waals surface area (Å²) in [4.78, 5) is 8.81. The fourth-order valence-electron chi connectivity index (χ4n) is 7.59. The lowest BCUT2D eigenvalue weighted by Gasteiger charge is -2.50. The predicted molar refractivity (Wildman–Crippen MR) is 173 cm³/mol. The minimum Gasteiger partial charge on any atom is -0.480 e. The first kappa shape index (κ1) is 30.8. The summed E-state index contributed by atoms with van der Waals surface area (Å²) in [7, 11) is -3.13. The van der Waals surface area contributed by atoms with Crippen LogP contribution in [-0.4, -0.2) is 80.9 Å². The third-order valence-electron chi connectivity index (χ3n) is 9.65. The number of halogens is 2. The van der Waals surface area contributed by atoms with Crippen molar-refractivity contribution in [1.82, 2.24) is 35.2 Å². The normalized spacial score (nSPS) is 18.6. The topological polar surface area (TPSA) is 142 Å². The molecule has 2 N–H and O–H groups in total. The molecule has 0 atom stereocenters. The highest BCUT2D eigenvalue weighted by atomic mass is 32.2. The first-order valence-electron chi connectivity index (χ1n) is 15.8. The van der Waals surface area contributed by atoms with Crippen molar-refractivity contribution in [2.45, 2.75) is 68.1 Å². The molecule has 48 heavy (non-hydrogen) atoms. The second kappa shape index (κ2) is 11.0. The molecular weight excluding hydrogens is 642 g/mol. The summed E-state index contributed by atoms with van der Waals surface area (Å²) in [5, 5.41) is 16.8. The molecule has 1 aliphatic heterocycles. The largest absolute Gasteiger partial charge is 0.480 e. The Kier molecular flexibility index (Phi) is 7.09. The third kappa shape index (κ3) is 5.29. The van der Waals surface area contributed by atoms with Gasteiger partial charge in [0, 0.05) is 53.4 Å². The van der Waals surface area contributed by atoms with E-state index >= 15 is 0 Å². The SMILES string of the molecule is COc1ncc(-c2cc(-c3nnc(CN4CC5(CC5)N(C(C)C)C5(CC5)C4)o3)c3cn[nH]c3c2)cc1NS(=O)(=O)c1ccc(F)cc1F. The van der Waals surface area contributed by atoms with Gasteiger partial charge in [0.1, 0.15) is 22.2 Å². The summed E-state index contributed by atoms with van der Waals surface area (Å²) in [5.41, 5.74) is 2.93. The molecule has 2 aromatic carbocycles. The van der Waals surface area contributed by atoms with Crippen LogP contribution in [0.2, 0.25) is 0 Å². The van der Waals surface area contributed by atoms with Crippen molar-refractivity contribution < 1.29 is 26.4 Å². The Morgan fingerprint density at radius 1 is 1.02 bits per heavy atom. The molecule has 2 aliphatic carbocycles. The number of sulfonamides is 1. The van der Waals surface area contributed by atoms with Crippen molar-refractivity contribution in [2.75, 3.05) is 24.9 Å². The first-order valence-corrected chi connectivity index (χ1v) is 17.3. The van der Waals surface area contributed by atoms with Crippen LogP contribution in [0.15, 0.2) is 58.1 Å². The van der Waals surface area contributed by atoms with Crippen LogP contribution in [0.5, 0.6) is 5.88 Å². The molecule has 3 aromatic heterocycles. The Morgan fingerprint density at radius 2 is 1.77 bits per heavy atom. The van der Waals surface area contributed by atoms with Gasteiger partial charge < -0.3 is 9.15 Å². The van der Waals surface area contributed by atoms with Crippen LogP contribution >= 0.6 is 0 Å². The minimum absolute atomic E-state index is 0.0375. The number of fused-ring (bicyclic) bond motifs is 1. The number of aromatic nitrogens is 5. The number of anilines is 1. The van der Waals surface area contributed by atoms with E-state index in [0.29, 0.717) is 52.6 Å². The average molecular weight is 677 g/mol. The van der Waals surface area contributed by atoms with E-state index in [-0.39, 0.29) is 22.6 Å². The Bertz CT molecular complexity index is 2140. The van der Waals surface area contributed by atoms with Crippen molar-refractivity contribution in [3.63, 3.8) is 0 Å². The monoisotopic (exact) mass is 676 g/mol. The molecule has 5 aromatic rings. The minimum atomic E-state index is -4.46. The molecule has 8 rings (SSSR count). The first-order chi connectivity index (χ1) is 23.0. The number of benzene rings is 2. The molecule has 3 aliphatic rings. The number of hydrogen-bond donors (Lipinski definition) is 2. The maximum absolute atomic E-state index is 14.4. The van der Waals surface area contributed by atoms with Crippen LogP contribution in [0.1, 0.15) is 45.4 Å². The molecule has 15 heteroatoms. The van der Waals surface area contributed by atoms with Gasteiger partial charge in [0.2, 0.25) is 17.7 Å². The highest BCUT2D eigenvalue weighted by Gasteiger charge is 2.64. The summed E-state index contributed by atoms with van der Waals surface area (Å²) in [6.07, 6.45) is 8.08. The zero-order valence-corrected chi connectivity index (χ0v) is 27.4. The standard InChI is InChI=1S/C33H34F2N8O4S/c1-19(2)43-32(6-7-32)17-42(18-33(43)8-9-33)16-29-39-40-30(47-29)23-10-20(11-26-24(23)15-37-38-26)21-12-27(31(46-3)36-14-21)41-48(44,45)28-5-4-22(34)13-25(28)35/h4-5,10-15,19,41H,6-9,16-18H2,1-3H3,(H,37,38). The van der Waals surface area contributed by atoms with Gasteiger partial charge in [-0.3, -0.25) is 19.6 Å². The molecule has 0 radical (unpaired) electrons. The molecule has 0 unspecified atom stereocenters. The number of piperazine rings is 1. The number of H-pyrrole nitrogens is 1. The zero-order chi connectivity index (χ0) is 33.4. The quantitative estimate of drug-likeness (QED) is 0.210. The number of rotatable bonds is 9. The van der Waals surface area contributed by atoms with E-state index in [1.165, 1.54) is 45.1 Å². The van der Waals surface area contributed by atoms with Gasteiger partial charge in [-0.05, 0) is 75.4 Å². The van der Waals surface area contributed by atoms with Crippen LogP contribution in [0, 0.1) is 11.6 Å². The summed E-state index contributed by atoms with van der Waals surface area (Å²) in [5.74, 6) is -1.29. The number of pyridine rings is 1. The van der Waals surface area contributed by atoms with Crippen molar-refractivity contribution in [3.8, 4) is 28.5 Å². The summed E-state index contributed by atoms with van der Waals surface area (Å²) in [6, 6.07) is 7.95. The molecule has 250 valence electrons.